The number of hydrogen-bond acceptors (Lipinski definition) is 4. The molecule has 0 radical (unpaired) electrons. The van der Waals surface area contributed by atoms with E-state index in [1.165, 1.54) is 7.11 Å². The van der Waals surface area contributed by atoms with Crippen molar-refractivity contribution in [1.82, 2.24) is 0 Å². The highest BCUT2D eigenvalue weighted by molar-refractivity contribution is 6.02. The highest BCUT2D eigenvalue weighted by Crippen LogP contribution is 2.22. The summed E-state index contributed by atoms with van der Waals surface area (Å²) in [5.41, 5.74) is 5.79. The number of nitrogens with two attached hydrogens (primary N) is 1. The van der Waals surface area contributed by atoms with Crippen LogP contribution in [0.25, 0.3) is 0 Å². The van der Waals surface area contributed by atoms with Crippen LogP contribution in [0.15, 0.2) is 29.3 Å². The van der Waals surface area contributed by atoms with E-state index in [-0.39, 0.29) is 5.84 Å². The van der Waals surface area contributed by atoms with E-state index in [1.54, 1.807) is 36.4 Å². The Kier molecular flexibility index (Phi) is 4.88. The Hall–Kier alpha value is -3.06. The highest BCUT2D eigenvalue weighted by atomic mass is 16.5. The summed E-state index contributed by atoms with van der Waals surface area (Å²) in [4.78, 5) is 15.0. The van der Waals surface area contributed by atoms with Gasteiger partial charge in [-0.15, -0.1) is 0 Å². The topological polar surface area (TPSA) is 124 Å². The summed E-state index contributed by atoms with van der Waals surface area (Å²) in [6, 6.07) is 9.20. The third kappa shape index (κ3) is 3.72. The zero-order chi connectivity index (χ0) is 14.3. The number of nitrogens with zero attached hydrogens (tertiary/aromatic N) is 3. The molecule has 0 aliphatic heterocycles. The minimum atomic E-state index is -1.25. The van der Waals surface area contributed by atoms with E-state index in [2.05, 4.69) is 10.3 Å². The predicted octanol–water partition coefficient (Wildman–Crippen LogP) is 1.25. The number of nitriles is 2. The molecule has 2 amide bonds. The summed E-state index contributed by atoms with van der Waals surface area (Å²) in [7, 11) is 1.46. The molecule has 0 atom stereocenters. The van der Waals surface area contributed by atoms with Crippen LogP contribution in [0, 0.1) is 28.6 Å². The molecule has 1 aromatic carbocycles. The van der Waals surface area contributed by atoms with Crippen molar-refractivity contribution in [2.24, 2.45) is 16.6 Å². The first-order valence-electron chi connectivity index (χ1n) is 5.19. The smallest absolute Gasteiger partial charge is 0.347 e. The molecule has 0 aliphatic carbocycles. The normalized spacial score (nSPS) is 10.4. The SMILES string of the molecule is COc1ccccc1NC(=O)N=C(N)C(C#N)C#N. The Labute approximate surface area is 109 Å². The maximum absolute atomic E-state index is 11.6. The fourth-order valence-corrected chi connectivity index (χ4v) is 1.23. The van der Waals surface area contributed by atoms with Crippen LogP contribution in [-0.4, -0.2) is 19.0 Å². The summed E-state index contributed by atoms with van der Waals surface area (Å²) in [6.07, 6.45) is 0. The molecule has 0 unspecified atom stereocenters. The van der Waals surface area contributed by atoms with Crippen molar-refractivity contribution in [3.8, 4) is 17.9 Å². The van der Waals surface area contributed by atoms with E-state index < -0.39 is 11.9 Å². The van der Waals surface area contributed by atoms with Gasteiger partial charge in [-0.05, 0) is 12.1 Å². The number of ether oxygens (including phenoxy) is 1. The molecule has 0 aromatic heterocycles. The van der Waals surface area contributed by atoms with E-state index >= 15 is 0 Å². The molecule has 1 aromatic rings. The van der Waals surface area contributed by atoms with E-state index in [1.807, 2.05) is 0 Å². The quantitative estimate of drug-likeness (QED) is 0.622. The van der Waals surface area contributed by atoms with E-state index in [0.717, 1.165) is 0 Å². The number of nitrogens with one attached hydrogen (secondary N) is 1. The molecule has 3 N–H and O–H groups in total. The fourth-order valence-electron chi connectivity index (χ4n) is 1.23. The third-order valence-electron chi connectivity index (χ3n) is 2.13. The second-order valence-electron chi connectivity index (χ2n) is 3.36. The Balaban J connectivity index is 2.84. The molecule has 19 heavy (non-hydrogen) atoms. The molecule has 96 valence electrons. The zero-order valence-corrected chi connectivity index (χ0v) is 10.1. The zero-order valence-electron chi connectivity index (χ0n) is 10.1. The van der Waals surface area contributed by atoms with Gasteiger partial charge in [0.2, 0.25) is 0 Å². The van der Waals surface area contributed by atoms with Crippen LogP contribution in [-0.2, 0) is 0 Å². The van der Waals surface area contributed by atoms with Gasteiger partial charge in [-0.2, -0.15) is 15.5 Å². The highest BCUT2D eigenvalue weighted by Gasteiger charge is 2.13. The monoisotopic (exact) mass is 257 g/mol. The van der Waals surface area contributed by atoms with Crippen molar-refractivity contribution in [2.45, 2.75) is 0 Å². The van der Waals surface area contributed by atoms with Crippen molar-refractivity contribution in [1.29, 1.82) is 10.5 Å². The van der Waals surface area contributed by atoms with Crippen molar-refractivity contribution in [3.63, 3.8) is 0 Å². The number of hydrogen-bond donors (Lipinski definition) is 2. The third-order valence-corrected chi connectivity index (χ3v) is 2.13. The van der Waals surface area contributed by atoms with Crippen LogP contribution in [0.2, 0.25) is 0 Å². The largest absolute Gasteiger partial charge is 0.495 e. The lowest BCUT2D eigenvalue weighted by Gasteiger charge is -2.07. The second-order valence-corrected chi connectivity index (χ2v) is 3.36. The van der Waals surface area contributed by atoms with Gasteiger partial charge < -0.3 is 15.8 Å². The van der Waals surface area contributed by atoms with Crippen LogP contribution in [0.1, 0.15) is 0 Å². The number of para-hydroxylation sites is 2. The van der Waals surface area contributed by atoms with E-state index in [9.17, 15) is 4.79 Å². The number of amidine groups is 1. The maximum atomic E-state index is 11.6. The lowest BCUT2D eigenvalue weighted by molar-refractivity contribution is 0.259. The summed E-state index contributed by atoms with van der Waals surface area (Å²) in [6.45, 7) is 0. The average Bonchev–Trinajstić information content (AvgIpc) is 2.40. The lowest BCUT2D eigenvalue weighted by Crippen LogP contribution is -2.24. The molecule has 0 spiro atoms. The number of rotatable bonds is 3. The molecular weight excluding hydrogens is 246 g/mol. The van der Waals surface area contributed by atoms with Crippen LogP contribution < -0.4 is 15.8 Å². The number of amides is 2. The first-order chi connectivity index (χ1) is 9.12. The molecule has 0 saturated carbocycles. The number of benzene rings is 1. The Bertz CT molecular complexity index is 569. The van der Waals surface area contributed by atoms with Crippen molar-refractivity contribution < 1.29 is 9.53 Å². The summed E-state index contributed by atoms with van der Waals surface area (Å²) < 4.78 is 5.04. The Morgan fingerprint density at radius 1 is 1.42 bits per heavy atom. The van der Waals surface area contributed by atoms with Crippen molar-refractivity contribution in [3.05, 3.63) is 24.3 Å². The number of urea groups is 1. The molecule has 0 heterocycles. The van der Waals surface area contributed by atoms with Gasteiger partial charge in [0.15, 0.2) is 5.92 Å². The molecule has 7 nitrogen and oxygen atoms in total. The number of methoxy groups -OCH3 is 1. The Morgan fingerprint density at radius 2 is 2.05 bits per heavy atom. The minimum absolute atomic E-state index is 0.350. The summed E-state index contributed by atoms with van der Waals surface area (Å²) in [5, 5.41) is 19.6. The lowest BCUT2D eigenvalue weighted by atomic mass is 10.2. The van der Waals surface area contributed by atoms with Gasteiger partial charge in [-0.25, -0.2) is 4.79 Å². The van der Waals surface area contributed by atoms with E-state index in [0.29, 0.717) is 11.4 Å². The summed E-state index contributed by atoms with van der Waals surface area (Å²) >= 11 is 0. The predicted molar refractivity (Wildman–Crippen MR) is 68.4 cm³/mol. The van der Waals surface area contributed by atoms with Gasteiger partial charge in [0.1, 0.15) is 11.6 Å². The van der Waals surface area contributed by atoms with Crippen LogP contribution in [0.4, 0.5) is 10.5 Å². The van der Waals surface area contributed by atoms with Crippen LogP contribution in [0.3, 0.4) is 0 Å². The van der Waals surface area contributed by atoms with Crippen LogP contribution >= 0.6 is 0 Å². The summed E-state index contributed by atoms with van der Waals surface area (Å²) in [5.74, 6) is -1.14. The van der Waals surface area contributed by atoms with E-state index in [4.69, 9.17) is 21.0 Å². The number of carbonyl (C=O) groups excluding carboxylic acids is 1. The van der Waals surface area contributed by atoms with Gasteiger partial charge >= 0.3 is 6.03 Å². The van der Waals surface area contributed by atoms with Crippen LogP contribution in [0.5, 0.6) is 5.75 Å². The van der Waals surface area contributed by atoms with Gasteiger partial charge in [-0.3, -0.25) is 0 Å². The number of aliphatic imine (C=N–C) groups is 1. The fraction of sp³-hybridized carbons (Fsp3) is 0.167. The molecule has 7 heteroatoms. The number of anilines is 1. The molecule has 0 saturated heterocycles. The van der Waals surface area contributed by atoms with Crippen molar-refractivity contribution in [2.75, 3.05) is 12.4 Å². The first kappa shape index (κ1) is 14.0. The second kappa shape index (κ2) is 6.62. The van der Waals surface area contributed by atoms with Gasteiger partial charge in [-0.1, -0.05) is 12.1 Å². The van der Waals surface area contributed by atoms with Gasteiger partial charge in [0, 0.05) is 0 Å². The minimum Gasteiger partial charge on any atom is -0.495 e. The molecular formula is C12H11N5O2. The molecule has 1 rings (SSSR count). The molecule has 0 fully saturated rings. The average molecular weight is 257 g/mol. The standard InChI is InChI=1S/C12H11N5O2/c1-19-10-5-3-2-4-9(10)16-12(18)17-11(15)8(6-13)7-14/h2-5,8H,1H3,(H3,15,16,17,18). The Morgan fingerprint density at radius 3 is 2.63 bits per heavy atom. The molecule has 0 bridgehead atoms. The van der Waals surface area contributed by atoms with Gasteiger partial charge in [0.25, 0.3) is 0 Å². The van der Waals surface area contributed by atoms with Gasteiger partial charge in [0.05, 0.1) is 24.9 Å². The number of carbonyl (C=O) groups is 1. The maximum Gasteiger partial charge on any atom is 0.347 e. The first-order valence-corrected chi connectivity index (χ1v) is 5.19. The van der Waals surface area contributed by atoms with Crippen molar-refractivity contribution >= 4 is 17.6 Å². The molecule has 0 aliphatic rings.